The van der Waals surface area contributed by atoms with Crippen LogP contribution in [0.25, 0.3) is 11.0 Å². The third-order valence-corrected chi connectivity index (χ3v) is 3.38. The lowest BCUT2D eigenvalue weighted by Crippen LogP contribution is -2.25. The zero-order valence-electron chi connectivity index (χ0n) is 14.6. The van der Waals surface area contributed by atoms with Crippen molar-refractivity contribution >= 4 is 22.9 Å². The van der Waals surface area contributed by atoms with E-state index in [0.717, 1.165) is 0 Å². The zero-order valence-corrected chi connectivity index (χ0v) is 14.6. The summed E-state index contributed by atoms with van der Waals surface area (Å²) >= 11 is 0. The summed E-state index contributed by atoms with van der Waals surface area (Å²) in [4.78, 5) is 24.3. The molecule has 0 fully saturated rings. The average molecular weight is 334 g/mol. The molecule has 6 nitrogen and oxygen atoms in total. The van der Waals surface area contributed by atoms with Crippen molar-refractivity contribution in [1.29, 1.82) is 0 Å². The van der Waals surface area contributed by atoms with Gasteiger partial charge in [-0.25, -0.2) is 4.79 Å². The van der Waals surface area contributed by atoms with Crippen LogP contribution in [0.1, 0.15) is 36.9 Å². The molecule has 0 unspecified atom stereocenters. The van der Waals surface area contributed by atoms with Gasteiger partial charge in [0.2, 0.25) is 0 Å². The maximum Gasteiger partial charge on any atom is 0.342 e. The molecule has 0 aliphatic carbocycles. The fourth-order valence-corrected chi connectivity index (χ4v) is 2.07. The Morgan fingerprint density at radius 1 is 1.17 bits per heavy atom. The first-order valence-corrected chi connectivity index (χ1v) is 7.65. The average Bonchev–Trinajstić information content (AvgIpc) is 2.81. The van der Waals surface area contributed by atoms with E-state index in [4.69, 9.17) is 18.6 Å². The number of rotatable bonds is 5. The molecule has 0 saturated carbocycles. The lowest BCUT2D eigenvalue weighted by molar-refractivity contribution is -0.142. The SMILES string of the molecule is COCCOC(=O)c1c(C)oc2ccc(OC(=O)C(C)(C)C)cc12. The monoisotopic (exact) mass is 334 g/mol. The largest absolute Gasteiger partial charge is 0.460 e. The van der Waals surface area contributed by atoms with E-state index in [9.17, 15) is 9.59 Å². The van der Waals surface area contributed by atoms with E-state index in [2.05, 4.69) is 0 Å². The highest BCUT2D eigenvalue weighted by atomic mass is 16.6. The molecule has 130 valence electrons. The molecular formula is C18H22O6. The highest BCUT2D eigenvalue weighted by Crippen LogP contribution is 2.30. The number of furan rings is 1. The maximum atomic E-state index is 12.3. The van der Waals surface area contributed by atoms with Gasteiger partial charge in [-0.1, -0.05) is 0 Å². The molecule has 2 aromatic rings. The molecule has 0 bridgehead atoms. The number of hydrogen-bond donors (Lipinski definition) is 0. The summed E-state index contributed by atoms with van der Waals surface area (Å²) in [5.74, 6) is -0.0465. The first kappa shape index (κ1) is 18.0. The molecule has 0 N–H and O–H groups in total. The molecule has 2 rings (SSSR count). The predicted molar refractivity (Wildman–Crippen MR) is 88.2 cm³/mol. The second-order valence-electron chi connectivity index (χ2n) is 6.46. The predicted octanol–water partition coefficient (Wildman–Crippen LogP) is 3.50. The fraction of sp³-hybridized carbons (Fsp3) is 0.444. The Morgan fingerprint density at radius 2 is 1.88 bits per heavy atom. The van der Waals surface area contributed by atoms with Crippen molar-refractivity contribution in [2.45, 2.75) is 27.7 Å². The van der Waals surface area contributed by atoms with Gasteiger partial charge in [-0.15, -0.1) is 0 Å². The van der Waals surface area contributed by atoms with E-state index in [-0.39, 0.29) is 12.6 Å². The summed E-state index contributed by atoms with van der Waals surface area (Å²) in [5.41, 5.74) is 0.236. The summed E-state index contributed by atoms with van der Waals surface area (Å²) in [6, 6.07) is 4.91. The van der Waals surface area contributed by atoms with Crippen LogP contribution in [0.5, 0.6) is 5.75 Å². The van der Waals surface area contributed by atoms with Gasteiger partial charge in [0.25, 0.3) is 0 Å². The lowest BCUT2D eigenvalue weighted by Gasteiger charge is -2.16. The second kappa shape index (κ2) is 7.05. The summed E-state index contributed by atoms with van der Waals surface area (Å²) in [6.45, 7) is 7.47. The van der Waals surface area contributed by atoms with Crippen molar-refractivity contribution in [1.82, 2.24) is 0 Å². The number of esters is 2. The maximum absolute atomic E-state index is 12.3. The number of methoxy groups -OCH3 is 1. The Balaban J connectivity index is 2.32. The molecule has 24 heavy (non-hydrogen) atoms. The minimum absolute atomic E-state index is 0.153. The first-order valence-electron chi connectivity index (χ1n) is 7.65. The van der Waals surface area contributed by atoms with Crippen molar-refractivity contribution in [3.8, 4) is 5.75 Å². The van der Waals surface area contributed by atoms with E-state index in [1.165, 1.54) is 7.11 Å². The van der Waals surface area contributed by atoms with Gasteiger partial charge in [-0.3, -0.25) is 4.79 Å². The third-order valence-electron chi connectivity index (χ3n) is 3.38. The number of hydrogen-bond acceptors (Lipinski definition) is 6. The van der Waals surface area contributed by atoms with Crippen molar-refractivity contribution in [2.75, 3.05) is 20.3 Å². The Morgan fingerprint density at radius 3 is 2.50 bits per heavy atom. The highest BCUT2D eigenvalue weighted by Gasteiger charge is 2.25. The van der Waals surface area contributed by atoms with E-state index in [1.54, 1.807) is 45.9 Å². The van der Waals surface area contributed by atoms with Crippen LogP contribution in [-0.2, 0) is 14.3 Å². The minimum atomic E-state index is -0.622. The van der Waals surface area contributed by atoms with Crippen LogP contribution in [0.15, 0.2) is 22.6 Å². The Hall–Kier alpha value is -2.34. The van der Waals surface area contributed by atoms with Gasteiger partial charge < -0.3 is 18.6 Å². The summed E-state index contributed by atoms with van der Waals surface area (Å²) in [5, 5.41) is 0.550. The van der Waals surface area contributed by atoms with Crippen LogP contribution in [0, 0.1) is 12.3 Å². The quantitative estimate of drug-likeness (QED) is 0.473. The Bertz CT molecular complexity index is 751. The highest BCUT2D eigenvalue weighted by molar-refractivity contribution is 6.05. The molecule has 1 aromatic carbocycles. The number of ether oxygens (including phenoxy) is 3. The number of aryl methyl sites for hydroxylation is 1. The first-order chi connectivity index (χ1) is 11.2. The van der Waals surface area contributed by atoms with Crippen molar-refractivity contribution in [2.24, 2.45) is 5.41 Å². The number of fused-ring (bicyclic) bond motifs is 1. The van der Waals surface area contributed by atoms with Crippen LogP contribution in [-0.4, -0.2) is 32.3 Å². The minimum Gasteiger partial charge on any atom is -0.460 e. The zero-order chi connectivity index (χ0) is 17.9. The van der Waals surface area contributed by atoms with Gasteiger partial charge in [-0.2, -0.15) is 0 Å². The Kier molecular flexibility index (Phi) is 5.29. The molecule has 0 saturated heterocycles. The smallest absolute Gasteiger partial charge is 0.342 e. The molecule has 0 radical (unpaired) electrons. The van der Waals surface area contributed by atoms with Gasteiger partial charge in [-0.05, 0) is 45.9 Å². The summed E-state index contributed by atoms with van der Waals surface area (Å²) < 4.78 is 21.0. The van der Waals surface area contributed by atoms with Crippen LogP contribution < -0.4 is 4.74 Å². The molecule has 0 aliphatic heterocycles. The van der Waals surface area contributed by atoms with Gasteiger partial charge in [0.15, 0.2) is 0 Å². The van der Waals surface area contributed by atoms with E-state index < -0.39 is 11.4 Å². The number of carbonyl (C=O) groups excluding carboxylic acids is 2. The number of benzene rings is 1. The van der Waals surface area contributed by atoms with Crippen LogP contribution >= 0.6 is 0 Å². The van der Waals surface area contributed by atoms with E-state index >= 15 is 0 Å². The third kappa shape index (κ3) is 3.94. The van der Waals surface area contributed by atoms with Crippen molar-refractivity contribution < 1.29 is 28.2 Å². The molecule has 0 spiro atoms. The molecule has 0 aliphatic rings. The van der Waals surface area contributed by atoms with Gasteiger partial charge in [0.1, 0.15) is 29.3 Å². The fourth-order valence-electron chi connectivity index (χ4n) is 2.07. The molecule has 0 atom stereocenters. The number of carbonyl (C=O) groups is 2. The molecule has 1 aromatic heterocycles. The topological polar surface area (TPSA) is 75.0 Å². The molecule has 0 amide bonds. The standard InChI is InChI=1S/C18H22O6/c1-11-15(16(19)22-9-8-21-5)13-10-12(6-7-14(13)23-11)24-17(20)18(2,3)4/h6-7,10H,8-9H2,1-5H3. The van der Waals surface area contributed by atoms with E-state index in [0.29, 0.717) is 34.6 Å². The van der Waals surface area contributed by atoms with Gasteiger partial charge >= 0.3 is 11.9 Å². The Labute approximate surface area is 140 Å². The second-order valence-corrected chi connectivity index (χ2v) is 6.46. The van der Waals surface area contributed by atoms with Crippen molar-refractivity contribution in [3.05, 3.63) is 29.5 Å². The molecular weight excluding hydrogens is 312 g/mol. The summed E-state index contributed by atoms with van der Waals surface area (Å²) in [6.07, 6.45) is 0. The van der Waals surface area contributed by atoms with Gasteiger partial charge in [0.05, 0.1) is 12.0 Å². The summed E-state index contributed by atoms with van der Waals surface area (Å²) in [7, 11) is 1.53. The lowest BCUT2D eigenvalue weighted by atomic mass is 9.97. The van der Waals surface area contributed by atoms with E-state index in [1.807, 2.05) is 0 Å². The molecule has 1 heterocycles. The van der Waals surface area contributed by atoms with Gasteiger partial charge in [0, 0.05) is 12.5 Å². The van der Waals surface area contributed by atoms with Crippen LogP contribution in [0.2, 0.25) is 0 Å². The normalized spacial score (nSPS) is 11.5. The van der Waals surface area contributed by atoms with Crippen LogP contribution in [0.3, 0.4) is 0 Å². The molecule has 6 heteroatoms. The van der Waals surface area contributed by atoms with Crippen molar-refractivity contribution in [3.63, 3.8) is 0 Å². The van der Waals surface area contributed by atoms with Crippen LogP contribution in [0.4, 0.5) is 0 Å².